The molecule has 0 aromatic heterocycles. The number of nitrogens with zero attached hydrogens (tertiary/aromatic N) is 1. The van der Waals surface area contributed by atoms with Crippen molar-refractivity contribution in [1.82, 2.24) is 4.90 Å². The van der Waals surface area contributed by atoms with Crippen molar-refractivity contribution in [2.45, 2.75) is 25.4 Å². The highest BCUT2D eigenvalue weighted by Gasteiger charge is 2.31. The largest absolute Gasteiger partial charge is 0.389 e. The summed E-state index contributed by atoms with van der Waals surface area (Å²) in [4.78, 5) is 22.9. The minimum Gasteiger partial charge on any atom is -0.336 e. The number of amides is 1. The van der Waals surface area contributed by atoms with E-state index >= 15 is 0 Å². The Kier molecular flexibility index (Phi) is 3.13. The minimum atomic E-state index is -4.19. The van der Waals surface area contributed by atoms with Crippen LogP contribution in [0.3, 0.4) is 0 Å². The van der Waals surface area contributed by atoms with Gasteiger partial charge in [-0.3, -0.25) is 9.59 Å². The zero-order valence-electron chi connectivity index (χ0n) is 7.43. The molecule has 1 amide bonds. The van der Waals surface area contributed by atoms with Gasteiger partial charge in [-0.1, -0.05) is 0 Å². The molecule has 0 saturated carbocycles. The van der Waals surface area contributed by atoms with Crippen molar-refractivity contribution >= 4 is 11.7 Å². The Morgan fingerprint density at radius 3 is 2.36 bits per heavy atom. The number of halogens is 3. The molecule has 0 unspecified atom stereocenters. The first-order valence-corrected chi connectivity index (χ1v) is 4.29. The van der Waals surface area contributed by atoms with Crippen molar-refractivity contribution in [2.75, 3.05) is 13.1 Å². The van der Waals surface area contributed by atoms with Crippen LogP contribution in [0.1, 0.15) is 19.3 Å². The Morgan fingerprint density at radius 1 is 1.29 bits per heavy atom. The highest BCUT2D eigenvalue weighted by Crippen LogP contribution is 2.21. The molecule has 14 heavy (non-hydrogen) atoms. The second-order valence-corrected chi connectivity index (χ2v) is 3.18. The van der Waals surface area contributed by atoms with Crippen LogP contribution in [0.5, 0.6) is 0 Å². The van der Waals surface area contributed by atoms with E-state index in [-0.39, 0.29) is 25.9 Å². The molecule has 0 aromatic rings. The van der Waals surface area contributed by atoms with Crippen LogP contribution in [0, 0.1) is 0 Å². The summed E-state index contributed by atoms with van der Waals surface area (Å²) < 4.78 is 35.2. The lowest BCUT2D eigenvalue weighted by Gasteiger charge is -2.14. The quantitative estimate of drug-likeness (QED) is 0.653. The number of Topliss-reactive ketones (excluding diaryl/α,β-unsaturated/α-hetero) is 1. The Balaban J connectivity index is 2.26. The molecule has 1 rings (SSSR count). The summed E-state index contributed by atoms with van der Waals surface area (Å²) in [5.74, 6) is -1.15. The smallest absolute Gasteiger partial charge is 0.336 e. The third-order valence-corrected chi connectivity index (χ3v) is 2.02. The highest BCUT2D eigenvalue weighted by atomic mass is 19.4. The third kappa shape index (κ3) is 3.01. The molecule has 1 saturated heterocycles. The summed E-state index contributed by atoms with van der Waals surface area (Å²) in [6.07, 6.45) is -5.11. The van der Waals surface area contributed by atoms with Crippen molar-refractivity contribution in [3.05, 3.63) is 0 Å². The maximum Gasteiger partial charge on any atom is 0.389 e. The van der Waals surface area contributed by atoms with Crippen LogP contribution in [-0.4, -0.2) is 35.9 Å². The van der Waals surface area contributed by atoms with Crippen LogP contribution in [0.15, 0.2) is 0 Å². The van der Waals surface area contributed by atoms with Crippen molar-refractivity contribution in [2.24, 2.45) is 0 Å². The summed E-state index contributed by atoms with van der Waals surface area (Å²) in [5.41, 5.74) is 0. The molecule has 3 nitrogen and oxygen atoms in total. The third-order valence-electron chi connectivity index (χ3n) is 2.02. The molecule has 1 aliphatic heterocycles. The van der Waals surface area contributed by atoms with E-state index in [0.29, 0.717) is 0 Å². The van der Waals surface area contributed by atoms with E-state index in [4.69, 9.17) is 0 Å². The first-order valence-electron chi connectivity index (χ1n) is 4.29. The monoisotopic (exact) mass is 209 g/mol. The predicted octanol–water partition coefficient (Wildman–Crippen LogP) is 1.13. The maximum absolute atomic E-state index is 11.7. The Morgan fingerprint density at radius 2 is 1.93 bits per heavy atom. The number of ketones is 1. The first kappa shape index (κ1) is 11.0. The molecule has 0 atom stereocenters. The number of carbonyl (C=O) groups excluding carboxylic acids is 2. The molecule has 0 N–H and O–H groups in total. The van der Waals surface area contributed by atoms with Crippen molar-refractivity contribution in [3.63, 3.8) is 0 Å². The fourth-order valence-corrected chi connectivity index (χ4v) is 1.31. The summed E-state index contributed by atoms with van der Waals surface area (Å²) in [7, 11) is 0. The average Bonchev–Trinajstić information content (AvgIpc) is 2.33. The Hall–Kier alpha value is -1.07. The first-order chi connectivity index (χ1) is 6.40. The van der Waals surface area contributed by atoms with Gasteiger partial charge in [0.2, 0.25) is 5.78 Å². The molecular formula is C8H10F3NO2. The van der Waals surface area contributed by atoms with Gasteiger partial charge in [0.25, 0.3) is 5.91 Å². The maximum atomic E-state index is 11.7. The minimum absolute atomic E-state index is 0.0179. The molecule has 0 aliphatic carbocycles. The molecule has 1 fully saturated rings. The predicted molar refractivity (Wildman–Crippen MR) is 41.5 cm³/mol. The Labute approximate surface area is 78.9 Å². The van der Waals surface area contributed by atoms with Gasteiger partial charge in [0, 0.05) is 25.9 Å². The normalized spacial score (nSPS) is 18.1. The number of carbonyl (C=O) groups is 2. The van der Waals surface area contributed by atoms with Gasteiger partial charge in [0.15, 0.2) is 0 Å². The van der Waals surface area contributed by atoms with Crippen LogP contribution < -0.4 is 0 Å². The van der Waals surface area contributed by atoms with Gasteiger partial charge in [-0.15, -0.1) is 0 Å². The standard InChI is InChI=1S/C8H10F3NO2/c9-8(10,11)3-1-4-12-5-2-6(13)7(12)14/h1-5H2. The van der Waals surface area contributed by atoms with E-state index in [0.717, 1.165) is 0 Å². The van der Waals surface area contributed by atoms with Crippen LogP contribution in [-0.2, 0) is 9.59 Å². The van der Waals surface area contributed by atoms with Gasteiger partial charge in [0.1, 0.15) is 0 Å². The van der Waals surface area contributed by atoms with Gasteiger partial charge in [-0.05, 0) is 6.42 Å². The lowest BCUT2D eigenvalue weighted by Crippen LogP contribution is -2.29. The molecule has 0 spiro atoms. The van der Waals surface area contributed by atoms with Crippen LogP contribution in [0.4, 0.5) is 13.2 Å². The molecule has 6 heteroatoms. The second kappa shape index (κ2) is 3.98. The molecule has 0 aromatic carbocycles. The lowest BCUT2D eigenvalue weighted by atomic mass is 10.3. The van der Waals surface area contributed by atoms with Crippen molar-refractivity contribution in [1.29, 1.82) is 0 Å². The molecule has 0 radical (unpaired) electrons. The molecule has 1 aliphatic rings. The number of alkyl halides is 3. The van der Waals surface area contributed by atoms with Gasteiger partial charge in [0.05, 0.1) is 0 Å². The van der Waals surface area contributed by atoms with Gasteiger partial charge in [-0.2, -0.15) is 13.2 Å². The van der Waals surface area contributed by atoms with Crippen LogP contribution in [0.25, 0.3) is 0 Å². The SMILES string of the molecule is O=C1CCN(CCCC(F)(F)F)C1=O. The zero-order chi connectivity index (χ0) is 10.8. The van der Waals surface area contributed by atoms with E-state index in [1.54, 1.807) is 0 Å². The highest BCUT2D eigenvalue weighted by molar-refractivity contribution is 6.37. The number of hydrogen-bond donors (Lipinski definition) is 0. The second-order valence-electron chi connectivity index (χ2n) is 3.18. The fourth-order valence-electron chi connectivity index (χ4n) is 1.31. The molecule has 0 bridgehead atoms. The summed E-state index contributed by atoms with van der Waals surface area (Å²) >= 11 is 0. The van der Waals surface area contributed by atoms with Gasteiger partial charge in [-0.25, -0.2) is 0 Å². The molecule has 80 valence electrons. The van der Waals surface area contributed by atoms with Crippen molar-refractivity contribution in [3.8, 4) is 0 Å². The number of hydrogen-bond acceptors (Lipinski definition) is 2. The number of likely N-dealkylation sites (tertiary alicyclic amines) is 1. The van der Waals surface area contributed by atoms with E-state index in [2.05, 4.69) is 0 Å². The fraction of sp³-hybridized carbons (Fsp3) is 0.750. The average molecular weight is 209 g/mol. The lowest BCUT2D eigenvalue weighted by molar-refractivity contribution is -0.142. The topological polar surface area (TPSA) is 37.4 Å². The molecule has 1 heterocycles. The summed E-state index contributed by atoms with van der Waals surface area (Å²) in [6, 6.07) is 0. The van der Waals surface area contributed by atoms with Gasteiger partial charge < -0.3 is 4.90 Å². The van der Waals surface area contributed by atoms with E-state index < -0.39 is 24.3 Å². The van der Waals surface area contributed by atoms with Crippen molar-refractivity contribution < 1.29 is 22.8 Å². The zero-order valence-corrected chi connectivity index (χ0v) is 7.43. The van der Waals surface area contributed by atoms with Crippen LogP contribution in [0.2, 0.25) is 0 Å². The Bertz CT molecular complexity index is 249. The summed E-state index contributed by atoms with van der Waals surface area (Å²) in [5, 5.41) is 0. The van der Waals surface area contributed by atoms with E-state index in [9.17, 15) is 22.8 Å². The summed E-state index contributed by atoms with van der Waals surface area (Å²) in [6.45, 7) is 0.277. The van der Waals surface area contributed by atoms with E-state index in [1.165, 1.54) is 4.90 Å². The van der Waals surface area contributed by atoms with Gasteiger partial charge >= 0.3 is 6.18 Å². The van der Waals surface area contributed by atoms with E-state index in [1.807, 2.05) is 0 Å². The van der Waals surface area contributed by atoms with Crippen LogP contribution >= 0.6 is 0 Å². The molecular weight excluding hydrogens is 199 g/mol. The number of rotatable bonds is 3.